The molecule has 13 nitrogen and oxygen atoms in total. The number of nitrogens with one attached hydrogen (secondary N) is 1. The molecule has 0 radical (unpaired) electrons. The van der Waals surface area contributed by atoms with Crippen molar-refractivity contribution in [3.63, 3.8) is 0 Å². The Labute approximate surface area is 334 Å². The number of pyridine rings is 2. The Kier molecular flexibility index (Phi) is 11.5. The quantitative estimate of drug-likeness (QED) is 0.0490. The number of esters is 1. The topological polar surface area (TPSA) is 168 Å². The smallest absolute Gasteiger partial charge is 0.387 e. The lowest BCUT2D eigenvalue weighted by atomic mass is 10.0. The lowest BCUT2D eigenvalue weighted by Crippen LogP contribution is -2.36. The molecule has 296 valence electrons. The van der Waals surface area contributed by atoms with Crippen molar-refractivity contribution in [2.45, 2.75) is 38.4 Å². The van der Waals surface area contributed by atoms with Crippen molar-refractivity contribution < 1.29 is 50.5 Å². The summed E-state index contributed by atoms with van der Waals surface area (Å²) >= 11 is 12.7. The summed E-state index contributed by atoms with van der Waals surface area (Å²) in [6, 6.07) is 18.8. The summed E-state index contributed by atoms with van der Waals surface area (Å²) in [5, 5.41) is 12.7. The molecule has 18 heteroatoms. The molecule has 2 aromatic heterocycles. The molecule has 5 aromatic rings. The van der Waals surface area contributed by atoms with E-state index in [0.717, 1.165) is 36.1 Å². The number of halogens is 4. The number of ether oxygens (including phenoxy) is 3. The van der Waals surface area contributed by atoms with Crippen LogP contribution in [0.1, 0.15) is 56.5 Å². The van der Waals surface area contributed by atoms with E-state index in [0.29, 0.717) is 15.3 Å². The van der Waals surface area contributed by atoms with Gasteiger partial charge >= 0.3 is 12.6 Å². The standard InChI is InChI=1S/C39H32Cl2F2N4O9S/c40-30-18-46(51)19-31(41)29(30)17-34(24-8-12-33(56-39(42)43)35(15-24)54-21-22-5-6-22)55-36(48)20-47-37(49)27-11-10-26(16-28(27)38(47)50)45-57(52,53)14-13-25-9-7-23-3-1-2-4-32(23)44-25/h1-4,7-12,15-16,18-19,22,34,39,45H,5-6,13-14,17,20-21H2/t34-/m0/s1. The first-order chi connectivity index (χ1) is 27.2. The Hall–Kier alpha value is -5.58. The second-order valence-corrected chi connectivity index (χ2v) is 16.1. The molecular weight excluding hydrogens is 809 g/mol. The number of hydrogen-bond donors (Lipinski definition) is 1. The third-order valence-electron chi connectivity index (χ3n) is 9.26. The molecule has 1 saturated carbocycles. The number of fused-ring (bicyclic) bond motifs is 2. The van der Waals surface area contributed by atoms with Gasteiger partial charge in [0.2, 0.25) is 10.0 Å². The van der Waals surface area contributed by atoms with Gasteiger partial charge in [-0.25, -0.2) is 8.42 Å². The molecule has 1 fully saturated rings. The minimum atomic E-state index is -3.92. The Bertz CT molecular complexity index is 2480. The third kappa shape index (κ3) is 9.52. The second-order valence-electron chi connectivity index (χ2n) is 13.4. The Balaban J connectivity index is 1.06. The molecule has 3 heterocycles. The van der Waals surface area contributed by atoms with Crippen molar-refractivity contribution in [1.82, 2.24) is 9.88 Å². The number of rotatable bonds is 16. The van der Waals surface area contributed by atoms with Crippen LogP contribution in [0.4, 0.5) is 14.5 Å². The lowest BCUT2D eigenvalue weighted by molar-refractivity contribution is -0.605. The van der Waals surface area contributed by atoms with Crippen molar-refractivity contribution in [3.05, 3.63) is 128 Å². The van der Waals surface area contributed by atoms with Gasteiger partial charge in [0.25, 0.3) is 11.8 Å². The number of hydrogen-bond acceptors (Lipinski definition) is 10. The molecule has 7 rings (SSSR count). The first-order valence-corrected chi connectivity index (χ1v) is 20.0. The Morgan fingerprint density at radius 1 is 0.965 bits per heavy atom. The molecule has 1 N–H and O–H groups in total. The predicted molar refractivity (Wildman–Crippen MR) is 204 cm³/mol. The SMILES string of the molecule is O=C(CN1C(=O)c2ccc(NS(=O)(=O)CCc3ccc4ccccc4n3)cc2C1=O)O[C@@H](Cc1c(Cl)c[n+]([O-])cc1Cl)c1ccc(OC(F)F)c(OCC2CC2)c1. The van der Waals surface area contributed by atoms with Crippen LogP contribution < -0.4 is 18.9 Å². The van der Waals surface area contributed by atoms with Gasteiger partial charge < -0.3 is 19.4 Å². The minimum Gasteiger partial charge on any atom is -0.619 e. The summed E-state index contributed by atoms with van der Waals surface area (Å²) in [6.07, 6.45) is 2.55. The number of carbonyl (C=O) groups is 3. The van der Waals surface area contributed by atoms with E-state index >= 15 is 0 Å². The maximum Gasteiger partial charge on any atom is 0.387 e. The van der Waals surface area contributed by atoms with Crippen LogP contribution in [0, 0.1) is 11.1 Å². The maximum atomic E-state index is 13.5. The van der Waals surface area contributed by atoms with Crippen LogP contribution in [-0.4, -0.2) is 61.6 Å². The number of para-hydroxylation sites is 1. The van der Waals surface area contributed by atoms with Crippen molar-refractivity contribution in [2.75, 3.05) is 23.6 Å². The van der Waals surface area contributed by atoms with Crippen LogP contribution in [0.15, 0.2) is 85.2 Å². The number of aryl methyl sites for hydroxylation is 1. The van der Waals surface area contributed by atoms with Gasteiger partial charge in [-0.05, 0) is 66.8 Å². The first kappa shape index (κ1) is 39.6. The highest BCUT2D eigenvalue weighted by Crippen LogP contribution is 2.38. The van der Waals surface area contributed by atoms with Crippen LogP contribution in [0.3, 0.4) is 0 Å². The molecule has 1 atom stereocenters. The summed E-state index contributed by atoms with van der Waals surface area (Å²) in [4.78, 5) is 45.5. The van der Waals surface area contributed by atoms with E-state index in [2.05, 4.69) is 14.4 Å². The number of sulfonamides is 1. The van der Waals surface area contributed by atoms with E-state index in [-0.39, 0.29) is 80.6 Å². The average Bonchev–Trinajstić information content (AvgIpc) is 3.97. The van der Waals surface area contributed by atoms with Gasteiger partial charge in [-0.2, -0.15) is 13.5 Å². The highest BCUT2D eigenvalue weighted by Gasteiger charge is 2.38. The number of nitrogens with zero attached hydrogens (tertiary/aromatic N) is 3. The van der Waals surface area contributed by atoms with Gasteiger partial charge in [0, 0.05) is 35.2 Å². The zero-order chi connectivity index (χ0) is 40.4. The van der Waals surface area contributed by atoms with E-state index in [9.17, 15) is 36.8 Å². The van der Waals surface area contributed by atoms with Crippen LogP contribution in [0.25, 0.3) is 10.9 Å². The number of amides is 2. The van der Waals surface area contributed by atoms with Crippen molar-refractivity contribution in [3.8, 4) is 11.5 Å². The monoisotopic (exact) mass is 840 g/mol. The molecule has 2 aliphatic rings. The molecule has 0 spiro atoms. The molecule has 0 saturated heterocycles. The molecule has 0 bridgehead atoms. The van der Waals surface area contributed by atoms with E-state index < -0.39 is 47.1 Å². The normalized spacial score (nSPS) is 14.5. The summed E-state index contributed by atoms with van der Waals surface area (Å²) in [5.74, 6) is -3.10. The molecule has 2 amide bonds. The van der Waals surface area contributed by atoms with E-state index in [1.54, 1.807) is 6.07 Å². The van der Waals surface area contributed by atoms with Gasteiger partial charge in [0.05, 0.1) is 29.0 Å². The molecule has 1 aliphatic carbocycles. The number of benzene rings is 3. The number of aromatic nitrogens is 2. The third-order valence-corrected chi connectivity index (χ3v) is 11.2. The van der Waals surface area contributed by atoms with Gasteiger partial charge in [-0.15, -0.1) is 0 Å². The second kappa shape index (κ2) is 16.5. The van der Waals surface area contributed by atoms with Crippen molar-refractivity contribution in [1.29, 1.82) is 0 Å². The largest absolute Gasteiger partial charge is 0.619 e. The number of anilines is 1. The molecule has 1 aliphatic heterocycles. The van der Waals surface area contributed by atoms with Crippen molar-refractivity contribution >= 4 is 67.6 Å². The number of alkyl halides is 2. The van der Waals surface area contributed by atoms with Crippen molar-refractivity contribution in [2.24, 2.45) is 5.92 Å². The van der Waals surface area contributed by atoms with Gasteiger partial charge in [-0.1, -0.05) is 53.5 Å². The number of imide groups is 1. The average molecular weight is 842 g/mol. The van der Waals surface area contributed by atoms with Gasteiger partial charge in [0.1, 0.15) is 22.7 Å². The van der Waals surface area contributed by atoms with Gasteiger partial charge in [-0.3, -0.25) is 29.0 Å². The fourth-order valence-electron chi connectivity index (χ4n) is 6.20. The summed E-state index contributed by atoms with van der Waals surface area (Å²) in [6.45, 7) is -3.76. The molecule has 0 unspecified atom stereocenters. The van der Waals surface area contributed by atoms with Crippen LogP contribution in [0.2, 0.25) is 10.0 Å². The minimum absolute atomic E-state index is 0.0286. The van der Waals surface area contributed by atoms with Crippen LogP contribution in [0.5, 0.6) is 11.5 Å². The highest BCUT2D eigenvalue weighted by atomic mass is 35.5. The van der Waals surface area contributed by atoms with Gasteiger partial charge in [0.15, 0.2) is 23.9 Å². The first-order valence-electron chi connectivity index (χ1n) is 17.6. The summed E-state index contributed by atoms with van der Waals surface area (Å²) < 4.78 is 71.5. The van der Waals surface area contributed by atoms with E-state index in [1.165, 1.54) is 36.4 Å². The fourth-order valence-corrected chi connectivity index (χ4v) is 7.87. The van der Waals surface area contributed by atoms with E-state index in [4.69, 9.17) is 32.7 Å². The Morgan fingerprint density at radius 3 is 2.44 bits per heavy atom. The predicted octanol–water partition coefficient (Wildman–Crippen LogP) is 6.67. The maximum absolute atomic E-state index is 13.5. The summed E-state index contributed by atoms with van der Waals surface area (Å²) in [5.41, 5.74) is 1.58. The number of carbonyl (C=O) groups excluding carboxylic acids is 3. The molecule has 3 aromatic carbocycles. The molecule has 57 heavy (non-hydrogen) atoms. The molecular formula is C39H32Cl2F2N4O9S. The highest BCUT2D eigenvalue weighted by molar-refractivity contribution is 7.92. The zero-order valence-electron chi connectivity index (χ0n) is 29.7. The van der Waals surface area contributed by atoms with E-state index in [1.807, 2.05) is 30.3 Å². The fraction of sp³-hybridized carbons (Fsp3) is 0.256. The van der Waals surface area contributed by atoms with Crippen LogP contribution >= 0.6 is 23.2 Å². The summed E-state index contributed by atoms with van der Waals surface area (Å²) in [7, 11) is -3.92. The Morgan fingerprint density at radius 2 is 1.70 bits per heavy atom. The zero-order valence-corrected chi connectivity index (χ0v) is 32.0. The van der Waals surface area contributed by atoms with Crippen LogP contribution in [-0.2, 0) is 32.4 Å². The lowest BCUT2D eigenvalue weighted by Gasteiger charge is -2.22.